The lowest BCUT2D eigenvalue weighted by atomic mass is 9.95. The number of halogens is 2. The number of carbonyl (C=O) groups excluding carboxylic acids is 2. The highest BCUT2D eigenvalue weighted by atomic mass is 35.5. The van der Waals surface area contributed by atoms with Gasteiger partial charge in [-0.2, -0.15) is 0 Å². The van der Waals surface area contributed by atoms with E-state index in [4.69, 9.17) is 33.2 Å². The van der Waals surface area contributed by atoms with E-state index in [1.165, 1.54) is 0 Å². The van der Waals surface area contributed by atoms with Crippen LogP contribution in [0.3, 0.4) is 0 Å². The minimum atomic E-state index is -0.547. The molecule has 0 spiro atoms. The van der Waals surface area contributed by atoms with Crippen LogP contribution in [0.25, 0.3) is 22.3 Å². The molecule has 0 bridgehead atoms. The van der Waals surface area contributed by atoms with Gasteiger partial charge < -0.3 is 15.5 Å². The Bertz CT molecular complexity index is 1560. The van der Waals surface area contributed by atoms with Crippen molar-refractivity contribution in [1.29, 1.82) is 0 Å². The molecule has 5 rings (SSSR count). The molecule has 4 aromatic rings. The lowest BCUT2D eigenvalue weighted by Gasteiger charge is -2.33. The molecule has 1 saturated heterocycles. The fourth-order valence-corrected chi connectivity index (χ4v) is 4.86. The molecule has 1 aromatic heterocycles. The fourth-order valence-electron chi connectivity index (χ4n) is 4.25. The highest BCUT2D eigenvalue weighted by molar-refractivity contribution is 6.40. The maximum absolute atomic E-state index is 13.4. The van der Waals surface area contributed by atoms with Gasteiger partial charge in [-0.15, -0.1) is 0 Å². The third-order valence-electron chi connectivity index (χ3n) is 6.64. The maximum Gasteiger partial charge on any atom is 0.258 e. The number of anilines is 2. The fraction of sp³-hybridized carbons (Fsp3) is 0.267. The molecule has 7 nitrogen and oxygen atoms in total. The molecule has 1 aliphatic heterocycles. The summed E-state index contributed by atoms with van der Waals surface area (Å²) < 4.78 is 0. The monoisotopic (exact) mass is 561 g/mol. The van der Waals surface area contributed by atoms with Crippen LogP contribution in [-0.4, -0.2) is 34.9 Å². The number of fused-ring (bicyclic) bond motifs is 1. The molecule has 2 N–H and O–H groups in total. The van der Waals surface area contributed by atoms with Crippen LogP contribution in [0.2, 0.25) is 10.0 Å². The van der Waals surface area contributed by atoms with Crippen molar-refractivity contribution >= 4 is 57.4 Å². The maximum atomic E-state index is 13.4. The Morgan fingerprint density at radius 3 is 2.38 bits per heavy atom. The Hall–Kier alpha value is -3.68. The first kappa shape index (κ1) is 26.9. The van der Waals surface area contributed by atoms with Gasteiger partial charge in [0, 0.05) is 41.7 Å². The minimum Gasteiger partial charge on any atom is -0.356 e. The number of nitrogens with zero attached hydrogens (tertiary/aromatic N) is 3. The first-order valence-electron chi connectivity index (χ1n) is 12.8. The van der Waals surface area contributed by atoms with E-state index in [1.807, 2.05) is 69.3 Å². The largest absolute Gasteiger partial charge is 0.356 e. The average Bonchev–Trinajstić information content (AvgIpc) is 2.86. The number of aromatic nitrogens is 2. The zero-order valence-corrected chi connectivity index (χ0v) is 23.5. The van der Waals surface area contributed by atoms with Crippen LogP contribution < -0.4 is 15.5 Å². The molecule has 9 heteroatoms. The predicted octanol–water partition coefficient (Wildman–Crippen LogP) is 6.73. The highest BCUT2D eigenvalue weighted by Gasteiger charge is 2.24. The first-order valence-corrected chi connectivity index (χ1v) is 13.6. The van der Waals surface area contributed by atoms with Gasteiger partial charge >= 0.3 is 0 Å². The van der Waals surface area contributed by atoms with Gasteiger partial charge in [-0.1, -0.05) is 80.4 Å². The molecule has 0 unspecified atom stereocenters. The van der Waals surface area contributed by atoms with Crippen molar-refractivity contribution in [2.24, 2.45) is 5.41 Å². The topological polar surface area (TPSA) is 87.2 Å². The van der Waals surface area contributed by atoms with E-state index in [-0.39, 0.29) is 28.1 Å². The summed E-state index contributed by atoms with van der Waals surface area (Å²) in [6.07, 6.45) is 1.13. The minimum absolute atomic E-state index is 0.120. The lowest BCUT2D eigenvalue weighted by molar-refractivity contribution is -0.128. The van der Waals surface area contributed by atoms with Gasteiger partial charge in [0.1, 0.15) is 5.82 Å². The van der Waals surface area contributed by atoms with E-state index in [1.54, 1.807) is 12.1 Å². The van der Waals surface area contributed by atoms with E-state index in [9.17, 15) is 9.59 Å². The molecular weight excluding hydrogens is 533 g/mol. The molecule has 0 aliphatic carbocycles. The van der Waals surface area contributed by atoms with Crippen LogP contribution in [-0.2, 0) is 11.3 Å². The molecule has 0 saturated carbocycles. The first-order chi connectivity index (χ1) is 18.6. The number of hydrogen-bond acceptors (Lipinski definition) is 5. The molecular formula is C30H29Cl2N5O2. The second-order valence-corrected chi connectivity index (χ2v) is 11.4. The molecule has 2 amide bonds. The second-order valence-electron chi connectivity index (χ2n) is 10.6. The van der Waals surface area contributed by atoms with Gasteiger partial charge in [-0.25, -0.2) is 9.97 Å². The van der Waals surface area contributed by atoms with Crippen molar-refractivity contribution in [1.82, 2.24) is 15.3 Å². The summed E-state index contributed by atoms with van der Waals surface area (Å²) in [7, 11) is 0. The average molecular weight is 563 g/mol. The molecule has 0 atom stereocenters. The number of amides is 2. The molecule has 2 heterocycles. The quantitative estimate of drug-likeness (QED) is 0.272. The molecule has 39 heavy (non-hydrogen) atoms. The SMILES string of the molecule is CC(C)(C)C(=O)NCc1ccc(Cl)c(C(=O)Nc2ccc3c(N4CCC4)nc(-c4ccccc4)nc3c2)c1Cl. The Kier molecular flexibility index (Phi) is 7.47. The molecule has 1 fully saturated rings. The Morgan fingerprint density at radius 1 is 0.974 bits per heavy atom. The van der Waals surface area contributed by atoms with Crippen molar-refractivity contribution in [2.45, 2.75) is 33.7 Å². The normalized spacial score (nSPS) is 13.2. The lowest BCUT2D eigenvalue weighted by Crippen LogP contribution is -2.37. The van der Waals surface area contributed by atoms with Gasteiger partial charge in [0.2, 0.25) is 5.91 Å². The summed E-state index contributed by atoms with van der Waals surface area (Å²) >= 11 is 13.0. The van der Waals surface area contributed by atoms with Crippen molar-refractivity contribution in [3.05, 3.63) is 81.8 Å². The van der Waals surface area contributed by atoms with Crippen LogP contribution in [0.15, 0.2) is 60.7 Å². The molecule has 1 aliphatic rings. The molecule has 0 radical (unpaired) electrons. The standard InChI is InChI=1S/C30H29Cl2N5O2/c1-30(2,3)29(39)33-17-19-10-13-22(31)24(25(19)32)28(38)34-20-11-12-21-23(16-20)35-26(18-8-5-4-6-9-18)36-27(21)37-14-7-15-37/h4-6,8-13,16H,7,14-15,17H2,1-3H3,(H,33,39)(H,34,38). The number of rotatable bonds is 6. The van der Waals surface area contributed by atoms with Crippen LogP contribution in [0.1, 0.15) is 43.1 Å². The summed E-state index contributed by atoms with van der Waals surface area (Å²) in [5, 5.41) is 7.11. The van der Waals surface area contributed by atoms with Gasteiger partial charge in [-0.3, -0.25) is 9.59 Å². The number of nitrogens with one attached hydrogen (secondary N) is 2. The van der Waals surface area contributed by atoms with Crippen molar-refractivity contribution in [3.63, 3.8) is 0 Å². The predicted molar refractivity (Wildman–Crippen MR) is 158 cm³/mol. The van der Waals surface area contributed by atoms with Gasteiger partial charge in [0.15, 0.2) is 5.82 Å². The molecule has 3 aromatic carbocycles. The van der Waals surface area contributed by atoms with E-state index in [0.717, 1.165) is 41.8 Å². The molecule has 200 valence electrons. The van der Waals surface area contributed by atoms with Crippen LogP contribution in [0.4, 0.5) is 11.5 Å². The van der Waals surface area contributed by atoms with Crippen LogP contribution in [0, 0.1) is 5.41 Å². The van der Waals surface area contributed by atoms with E-state index in [0.29, 0.717) is 17.1 Å². The third kappa shape index (κ3) is 5.70. The highest BCUT2D eigenvalue weighted by Crippen LogP contribution is 2.33. The number of benzene rings is 3. The zero-order valence-electron chi connectivity index (χ0n) is 22.0. The van der Waals surface area contributed by atoms with E-state index >= 15 is 0 Å². The summed E-state index contributed by atoms with van der Waals surface area (Å²) in [6.45, 7) is 7.56. The third-order valence-corrected chi connectivity index (χ3v) is 7.39. The number of hydrogen-bond donors (Lipinski definition) is 2. The summed E-state index contributed by atoms with van der Waals surface area (Å²) in [4.78, 5) is 37.6. The summed E-state index contributed by atoms with van der Waals surface area (Å²) in [5.74, 6) is 0.947. The number of carbonyl (C=O) groups is 2. The Labute approximate surface area is 237 Å². The summed E-state index contributed by atoms with van der Waals surface area (Å²) in [6, 6.07) is 18.7. The van der Waals surface area contributed by atoms with Crippen molar-refractivity contribution in [2.75, 3.05) is 23.3 Å². The Balaban J connectivity index is 1.45. The van der Waals surface area contributed by atoms with Gasteiger partial charge in [0.25, 0.3) is 5.91 Å². The van der Waals surface area contributed by atoms with Gasteiger partial charge in [-0.05, 0) is 36.2 Å². The van der Waals surface area contributed by atoms with Crippen molar-refractivity contribution < 1.29 is 9.59 Å². The van der Waals surface area contributed by atoms with E-state index in [2.05, 4.69) is 15.5 Å². The smallest absolute Gasteiger partial charge is 0.258 e. The zero-order chi connectivity index (χ0) is 27.7. The Morgan fingerprint density at radius 2 is 1.72 bits per heavy atom. The van der Waals surface area contributed by atoms with Gasteiger partial charge in [0.05, 0.1) is 21.1 Å². The second kappa shape index (κ2) is 10.8. The van der Waals surface area contributed by atoms with Crippen LogP contribution in [0.5, 0.6) is 0 Å². The van der Waals surface area contributed by atoms with Crippen molar-refractivity contribution in [3.8, 4) is 11.4 Å². The van der Waals surface area contributed by atoms with E-state index < -0.39 is 11.3 Å². The summed E-state index contributed by atoms with van der Waals surface area (Å²) in [5.41, 5.74) is 2.40. The van der Waals surface area contributed by atoms with Crippen LogP contribution >= 0.6 is 23.2 Å².